The molecule has 4 nitrogen and oxygen atoms in total. The van der Waals surface area contributed by atoms with Gasteiger partial charge in [0, 0.05) is 25.2 Å². The molecule has 1 amide bonds. The molecule has 0 fully saturated rings. The highest BCUT2D eigenvalue weighted by Crippen LogP contribution is 2.16. The molecule has 0 aliphatic heterocycles. The molecule has 1 aromatic carbocycles. The van der Waals surface area contributed by atoms with Crippen LogP contribution in [0.15, 0.2) is 18.2 Å². The predicted molar refractivity (Wildman–Crippen MR) is 72.6 cm³/mol. The minimum Gasteiger partial charge on any atom is -0.383 e. The van der Waals surface area contributed by atoms with Gasteiger partial charge in [-0.2, -0.15) is 0 Å². The van der Waals surface area contributed by atoms with Crippen LogP contribution in [0.4, 0.5) is 4.39 Å². The van der Waals surface area contributed by atoms with E-state index < -0.39 is 0 Å². The molecule has 0 aliphatic carbocycles. The Labute approximate surface area is 117 Å². The van der Waals surface area contributed by atoms with E-state index in [0.717, 1.165) is 5.56 Å². The highest BCUT2D eigenvalue weighted by Gasteiger charge is 2.12. The van der Waals surface area contributed by atoms with Gasteiger partial charge in [-0.05, 0) is 24.6 Å². The fourth-order valence-electron chi connectivity index (χ4n) is 1.45. The molecule has 2 N–H and O–H groups in total. The molecule has 0 bridgehead atoms. The first-order chi connectivity index (χ1) is 9.04. The van der Waals surface area contributed by atoms with E-state index in [1.807, 2.05) is 0 Å². The average Bonchev–Trinajstić information content (AvgIpc) is 2.37. The number of amides is 1. The van der Waals surface area contributed by atoms with Gasteiger partial charge in [-0.3, -0.25) is 4.79 Å². The fraction of sp³-hybridized carbons (Fsp3) is 0.462. The number of carbonyl (C=O) groups is 1. The van der Waals surface area contributed by atoms with Crippen molar-refractivity contribution >= 4 is 17.5 Å². The lowest BCUT2D eigenvalue weighted by Gasteiger charge is -2.14. The maximum Gasteiger partial charge on any atom is 0.236 e. The zero-order valence-corrected chi connectivity index (χ0v) is 11.8. The number of hydrogen-bond acceptors (Lipinski definition) is 3. The third-order valence-electron chi connectivity index (χ3n) is 2.61. The largest absolute Gasteiger partial charge is 0.383 e. The second-order valence-electron chi connectivity index (χ2n) is 4.12. The summed E-state index contributed by atoms with van der Waals surface area (Å²) < 4.78 is 17.7. The number of methoxy groups -OCH3 is 1. The first kappa shape index (κ1) is 15.9. The Morgan fingerprint density at radius 2 is 2.26 bits per heavy atom. The van der Waals surface area contributed by atoms with E-state index in [1.54, 1.807) is 20.1 Å². The Hall–Kier alpha value is -1.17. The summed E-state index contributed by atoms with van der Waals surface area (Å²) in [4.78, 5) is 11.7. The summed E-state index contributed by atoms with van der Waals surface area (Å²) in [5.41, 5.74) is 0.750. The monoisotopic (exact) mass is 288 g/mol. The van der Waals surface area contributed by atoms with E-state index in [2.05, 4.69) is 10.6 Å². The molecule has 1 aromatic rings. The van der Waals surface area contributed by atoms with Gasteiger partial charge in [0.15, 0.2) is 0 Å². The summed E-state index contributed by atoms with van der Waals surface area (Å²) in [6, 6.07) is 3.83. The lowest BCUT2D eigenvalue weighted by Crippen LogP contribution is -2.42. The maximum absolute atomic E-state index is 12.9. The van der Waals surface area contributed by atoms with Crippen LogP contribution >= 0.6 is 11.6 Å². The molecule has 1 atom stereocenters. The van der Waals surface area contributed by atoms with Crippen molar-refractivity contribution in [3.8, 4) is 0 Å². The molecule has 0 saturated heterocycles. The van der Waals surface area contributed by atoms with Crippen molar-refractivity contribution in [1.82, 2.24) is 10.6 Å². The predicted octanol–water partition coefficient (Wildman–Crippen LogP) is 1.72. The molecule has 0 aromatic heterocycles. The van der Waals surface area contributed by atoms with Crippen LogP contribution in [0, 0.1) is 5.82 Å². The van der Waals surface area contributed by atoms with Crippen molar-refractivity contribution in [2.45, 2.75) is 19.5 Å². The Morgan fingerprint density at radius 3 is 2.89 bits per heavy atom. The number of halogens is 2. The highest BCUT2D eigenvalue weighted by atomic mass is 35.5. The fourth-order valence-corrected chi connectivity index (χ4v) is 1.68. The molecule has 1 rings (SSSR count). The topological polar surface area (TPSA) is 50.4 Å². The summed E-state index contributed by atoms with van der Waals surface area (Å²) in [6.07, 6.45) is 0. The first-order valence-electron chi connectivity index (χ1n) is 5.98. The zero-order chi connectivity index (χ0) is 14.3. The number of hydrogen-bond donors (Lipinski definition) is 2. The summed E-state index contributed by atoms with van der Waals surface area (Å²) >= 11 is 5.90. The van der Waals surface area contributed by atoms with E-state index in [4.69, 9.17) is 16.3 Å². The van der Waals surface area contributed by atoms with Gasteiger partial charge in [0.1, 0.15) is 5.82 Å². The van der Waals surface area contributed by atoms with Crippen LogP contribution in [0.1, 0.15) is 12.5 Å². The van der Waals surface area contributed by atoms with E-state index in [9.17, 15) is 9.18 Å². The minimum atomic E-state index is -0.376. The molecule has 0 spiro atoms. The van der Waals surface area contributed by atoms with Gasteiger partial charge in [-0.15, -0.1) is 0 Å². The number of benzene rings is 1. The third-order valence-corrected chi connectivity index (χ3v) is 2.96. The van der Waals surface area contributed by atoms with Crippen LogP contribution in [-0.2, 0) is 16.1 Å². The van der Waals surface area contributed by atoms with Crippen molar-refractivity contribution in [2.24, 2.45) is 0 Å². The average molecular weight is 289 g/mol. The second-order valence-corrected chi connectivity index (χ2v) is 4.53. The van der Waals surface area contributed by atoms with Gasteiger partial charge >= 0.3 is 0 Å². The quantitative estimate of drug-likeness (QED) is 0.751. The molecular formula is C13H18ClFN2O2. The summed E-state index contributed by atoms with van der Waals surface area (Å²) in [5, 5.41) is 6.10. The van der Waals surface area contributed by atoms with Crippen molar-refractivity contribution in [3.05, 3.63) is 34.6 Å². The molecule has 0 saturated carbocycles. The summed E-state index contributed by atoms with van der Waals surface area (Å²) in [6.45, 7) is 3.10. The molecule has 106 valence electrons. The van der Waals surface area contributed by atoms with Crippen LogP contribution in [0.3, 0.4) is 0 Å². The lowest BCUT2D eigenvalue weighted by molar-refractivity contribution is -0.122. The molecule has 19 heavy (non-hydrogen) atoms. The second kappa shape index (κ2) is 8.09. The van der Waals surface area contributed by atoms with Gasteiger partial charge in [0.2, 0.25) is 5.91 Å². The Morgan fingerprint density at radius 1 is 1.53 bits per heavy atom. The Kier molecular flexibility index (Phi) is 6.77. The van der Waals surface area contributed by atoms with Gasteiger partial charge < -0.3 is 15.4 Å². The maximum atomic E-state index is 12.9. The molecule has 0 heterocycles. The number of ether oxygens (including phenoxy) is 1. The van der Waals surface area contributed by atoms with Crippen LogP contribution in [0.2, 0.25) is 5.02 Å². The number of nitrogens with one attached hydrogen (secondary N) is 2. The molecule has 0 aliphatic rings. The van der Waals surface area contributed by atoms with Crippen LogP contribution in [0.5, 0.6) is 0 Å². The van der Waals surface area contributed by atoms with E-state index in [0.29, 0.717) is 24.7 Å². The summed E-state index contributed by atoms with van der Waals surface area (Å²) in [5.74, 6) is -0.491. The zero-order valence-electron chi connectivity index (χ0n) is 11.0. The molecule has 0 radical (unpaired) electrons. The highest BCUT2D eigenvalue weighted by molar-refractivity contribution is 6.31. The lowest BCUT2D eigenvalue weighted by atomic mass is 10.2. The molecule has 6 heteroatoms. The van der Waals surface area contributed by atoms with Crippen molar-refractivity contribution in [2.75, 3.05) is 20.3 Å². The van der Waals surface area contributed by atoms with Crippen molar-refractivity contribution < 1.29 is 13.9 Å². The van der Waals surface area contributed by atoms with Crippen LogP contribution in [-0.4, -0.2) is 32.2 Å². The standard InChI is InChI=1S/C13H18ClFN2O2/c1-9(13(18)16-5-6-19-2)17-8-10-3-4-11(15)7-12(10)14/h3-4,7,9,17H,5-6,8H2,1-2H3,(H,16,18). The number of rotatable bonds is 7. The van der Waals surface area contributed by atoms with Gasteiger partial charge in [-0.1, -0.05) is 17.7 Å². The first-order valence-corrected chi connectivity index (χ1v) is 6.36. The Bertz CT molecular complexity index is 429. The van der Waals surface area contributed by atoms with Gasteiger partial charge in [0.05, 0.1) is 12.6 Å². The molecular weight excluding hydrogens is 271 g/mol. The van der Waals surface area contributed by atoms with Gasteiger partial charge in [0.25, 0.3) is 0 Å². The molecule has 1 unspecified atom stereocenters. The van der Waals surface area contributed by atoms with Crippen molar-refractivity contribution in [1.29, 1.82) is 0 Å². The van der Waals surface area contributed by atoms with Crippen molar-refractivity contribution in [3.63, 3.8) is 0 Å². The smallest absolute Gasteiger partial charge is 0.236 e. The van der Waals surface area contributed by atoms with E-state index in [-0.39, 0.29) is 17.8 Å². The SMILES string of the molecule is COCCNC(=O)C(C)NCc1ccc(F)cc1Cl. The number of carbonyl (C=O) groups excluding carboxylic acids is 1. The van der Waals surface area contributed by atoms with Crippen LogP contribution in [0.25, 0.3) is 0 Å². The summed E-state index contributed by atoms with van der Waals surface area (Å²) in [7, 11) is 1.57. The van der Waals surface area contributed by atoms with Crippen LogP contribution < -0.4 is 10.6 Å². The van der Waals surface area contributed by atoms with E-state index >= 15 is 0 Å². The third kappa shape index (κ3) is 5.55. The Balaban J connectivity index is 2.40. The normalized spacial score (nSPS) is 12.2. The van der Waals surface area contributed by atoms with E-state index in [1.165, 1.54) is 12.1 Å². The minimum absolute atomic E-state index is 0.115. The van der Waals surface area contributed by atoms with Gasteiger partial charge in [-0.25, -0.2) is 4.39 Å².